The molecule has 0 bridgehead atoms. The first-order chi connectivity index (χ1) is 11.4. The first-order valence-electron chi connectivity index (χ1n) is 8.18. The van der Waals surface area contributed by atoms with Crippen LogP contribution in [0.5, 0.6) is 0 Å². The molecule has 0 radical (unpaired) electrons. The second-order valence-corrected chi connectivity index (χ2v) is 5.69. The zero-order valence-corrected chi connectivity index (χ0v) is 14.4. The van der Waals surface area contributed by atoms with Gasteiger partial charge in [-0.1, -0.05) is 13.8 Å². The topological polar surface area (TPSA) is 30.3 Å². The number of methoxy groups -OCH3 is 1. The predicted octanol–water partition coefficient (Wildman–Crippen LogP) is 3.93. The maximum Gasteiger partial charge on any atom is 0.416 e. The summed E-state index contributed by atoms with van der Waals surface area (Å²) >= 11 is 0. The predicted molar refractivity (Wildman–Crippen MR) is 87.9 cm³/mol. The molecular weight excluding hydrogens is 319 g/mol. The molecule has 0 amide bonds. The molecule has 1 heterocycles. The summed E-state index contributed by atoms with van der Waals surface area (Å²) in [4.78, 5) is 6.66. The van der Waals surface area contributed by atoms with Crippen LogP contribution in [0.1, 0.15) is 31.7 Å². The van der Waals surface area contributed by atoms with Gasteiger partial charge in [0.2, 0.25) is 0 Å². The van der Waals surface area contributed by atoms with Crippen molar-refractivity contribution in [1.82, 2.24) is 14.5 Å². The number of rotatable bonds is 8. The molecule has 0 unspecified atom stereocenters. The molecule has 1 aromatic carbocycles. The molecule has 0 aliphatic rings. The van der Waals surface area contributed by atoms with Crippen molar-refractivity contribution in [2.75, 3.05) is 26.7 Å². The van der Waals surface area contributed by atoms with Crippen LogP contribution in [0.15, 0.2) is 18.2 Å². The van der Waals surface area contributed by atoms with Crippen LogP contribution >= 0.6 is 0 Å². The molecule has 24 heavy (non-hydrogen) atoms. The highest BCUT2D eigenvalue weighted by Crippen LogP contribution is 2.31. The van der Waals surface area contributed by atoms with Crippen LogP contribution in [0, 0.1) is 0 Å². The Balaban J connectivity index is 2.27. The fourth-order valence-electron chi connectivity index (χ4n) is 2.84. The number of nitrogens with zero attached hydrogens (tertiary/aromatic N) is 3. The fraction of sp³-hybridized carbons (Fsp3) is 0.588. The van der Waals surface area contributed by atoms with Gasteiger partial charge in [0, 0.05) is 13.7 Å². The molecular formula is C17H24F3N3O. The summed E-state index contributed by atoms with van der Waals surface area (Å²) in [5.74, 6) is 0.659. The SMILES string of the molecule is CCN(CC)CCCn1c(COC)nc2cc(C(F)(F)F)ccc21. The number of ether oxygens (including phenoxy) is 1. The third-order valence-electron chi connectivity index (χ3n) is 4.18. The molecule has 0 saturated heterocycles. The molecule has 2 rings (SSSR count). The Kier molecular flexibility index (Phi) is 6.23. The lowest BCUT2D eigenvalue weighted by atomic mass is 10.2. The van der Waals surface area contributed by atoms with Crippen LogP contribution < -0.4 is 0 Å². The van der Waals surface area contributed by atoms with Crippen LogP contribution in [0.4, 0.5) is 13.2 Å². The minimum atomic E-state index is -4.36. The highest BCUT2D eigenvalue weighted by atomic mass is 19.4. The van der Waals surface area contributed by atoms with E-state index in [2.05, 4.69) is 23.7 Å². The standard InChI is InChI=1S/C17H24F3N3O/c1-4-22(5-2)9-6-10-23-15-8-7-13(17(18,19)20)11-14(15)21-16(23)12-24-3/h7-8,11H,4-6,9-10,12H2,1-3H3. The van der Waals surface area contributed by atoms with Gasteiger partial charge in [-0.15, -0.1) is 0 Å². The summed E-state index contributed by atoms with van der Waals surface area (Å²) in [6.45, 7) is 8.14. The van der Waals surface area contributed by atoms with E-state index in [-0.39, 0.29) is 6.61 Å². The summed E-state index contributed by atoms with van der Waals surface area (Å²) < 4.78 is 45.7. The van der Waals surface area contributed by atoms with Gasteiger partial charge in [-0.25, -0.2) is 4.98 Å². The zero-order valence-electron chi connectivity index (χ0n) is 14.4. The van der Waals surface area contributed by atoms with Gasteiger partial charge in [0.05, 0.1) is 16.6 Å². The number of fused-ring (bicyclic) bond motifs is 1. The largest absolute Gasteiger partial charge is 0.416 e. The normalized spacial score (nSPS) is 12.5. The highest BCUT2D eigenvalue weighted by molar-refractivity contribution is 5.77. The van der Waals surface area contributed by atoms with E-state index in [4.69, 9.17) is 4.74 Å². The minimum absolute atomic E-state index is 0.279. The van der Waals surface area contributed by atoms with Crippen molar-refractivity contribution in [3.63, 3.8) is 0 Å². The van der Waals surface area contributed by atoms with E-state index in [0.29, 0.717) is 17.9 Å². The van der Waals surface area contributed by atoms with Gasteiger partial charge in [-0.3, -0.25) is 0 Å². The van der Waals surface area contributed by atoms with E-state index in [1.807, 2.05) is 4.57 Å². The Labute approximate surface area is 140 Å². The molecule has 0 N–H and O–H groups in total. The van der Waals surface area contributed by atoms with E-state index in [1.165, 1.54) is 6.07 Å². The molecule has 7 heteroatoms. The number of hydrogen-bond acceptors (Lipinski definition) is 3. The molecule has 2 aromatic rings. The van der Waals surface area contributed by atoms with Crippen LogP contribution in [0.3, 0.4) is 0 Å². The van der Waals surface area contributed by atoms with E-state index in [0.717, 1.165) is 43.7 Å². The summed E-state index contributed by atoms with van der Waals surface area (Å²) in [5.41, 5.74) is 0.404. The fourth-order valence-corrected chi connectivity index (χ4v) is 2.84. The van der Waals surface area contributed by atoms with Gasteiger partial charge >= 0.3 is 6.18 Å². The average molecular weight is 343 g/mol. The Morgan fingerprint density at radius 3 is 2.50 bits per heavy atom. The Hall–Kier alpha value is -1.60. The lowest BCUT2D eigenvalue weighted by Gasteiger charge is -2.18. The van der Waals surface area contributed by atoms with Crippen molar-refractivity contribution in [1.29, 1.82) is 0 Å². The van der Waals surface area contributed by atoms with Gasteiger partial charge < -0.3 is 14.2 Å². The summed E-state index contributed by atoms with van der Waals surface area (Å²) in [6.07, 6.45) is -3.45. The first-order valence-corrected chi connectivity index (χ1v) is 8.18. The van der Waals surface area contributed by atoms with Crippen LogP contribution in [0.25, 0.3) is 11.0 Å². The van der Waals surface area contributed by atoms with E-state index < -0.39 is 11.7 Å². The highest BCUT2D eigenvalue weighted by Gasteiger charge is 2.31. The molecule has 0 saturated carbocycles. The number of halogens is 3. The van der Waals surface area contributed by atoms with Crippen molar-refractivity contribution >= 4 is 11.0 Å². The van der Waals surface area contributed by atoms with Crippen molar-refractivity contribution in [3.8, 4) is 0 Å². The van der Waals surface area contributed by atoms with Crippen LogP contribution in [-0.2, 0) is 24.1 Å². The molecule has 0 fully saturated rings. The third-order valence-corrected chi connectivity index (χ3v) is 4.18. The molecule has 134 valence electrons. The lowest BCUT2D eigenvalue weighted by Crippen LogP contribution is -2.25. The quantitative estimate of drug-likeness (QED) is 0.727. The van der Waals surface area contributed by atoms with Crippen molar-refractivity contribution < 1.29 is 17.9 Å². The van der Waals surface area contributed by atoms with E-state index >= 15 is 0 Å². The van der Waals surface area contributed by atoms with Crippen molar-refractivity contribution in [3.05, 3.63) is 29.6 Å². The van der Waals surface area contributed by atoms with E-state index in [1.54, 1.807) is 7.11 Å². The number of aromatic nitrogens is 2. The summed E-state index contributed by atoms with van der Waals surface area (Å²) in [6, 6.07) is 3.72. The minimum Gasteiger partial charge on any atom is -0.377 e. The molecule has 0 aliphatic carbocycles. The Morgan fingerprint density at radius 2 is 1.92 bits per heavy atom. The molecule has 0 spiro atoms. The molecule has 1 aromatic heterocycles. The maximum atomic E-state index is 12.9. The van der Waals surface area contributed by atoms with E-state index in [9.17, 15) is 13.2 Å². The Morgan fingerprint density at radius 1 is 1.21 bits per heavy atom. The summed E-state index contributed by atoms with van der Waals surface area (Å²) in [7, 11) is 1.56. The van der Waals surface area contributed by atoms with Crippen molar-refractivity contribution in [2.45, 2.75) is 39.6 Å². The second-order valence-electron chi connectivity index (χ2n) is 5.69. The maximum absolute atomic E-state index is 12.9. The number of benzene rings is 1. The van der Waals surface area contributed by atoms with Gasteiger partial charge in [0.15, 0.2) is 0 Å². The number of aryl methyl sites for hydroxylation is 1. The molecule has 0 aliphatic heterocycles. The van der Waals surface area contributed by atoms with Gasteiger partial charge in [-0.2, -0.15) is 13.2 Å². The van der Waals surface area contributed by atoms with Gasteiger partial charge in [-0.05, 0) is 44.3 Å². The molecule has 4 nitrogen and oxygen atoms in total. The molecule has 0 atom stereocenters. The van der Waals surface area contributed by atoms with Crippen LogP contribution in [0.2, 0.25) is 0 Å². The second kappa shape index (κ2) is 7.98. The first kappa shape index (κ1) is 18.7. The van der Waals surface area contributed by atoms with Gasteiger partial charge in [0.25, 0.3) is 0 Å². The summed E-state index contributed by atoms with van der Waals surface area (Å²) in [5, 5.41) is 0. The van der Waals surface area contributed by atoms with Crippen molar-refractivity contribution in [2.24, 2.45) is 0 Å². The monoisotopic (exact) mass is 343 g/mol. The Bertz CT molecular complexity index is 663. The van der Waals surface area contributed by atoms with Crippen LogP contribution in [-0.4, -0.2) is 41.2 Å². The van der Waals surface area contributed by atoms with Gasteiger partial charge in [0.1, 0.15) is 12.4 Å². The zero-order chi connectivity index (χ0) is 17.7. The smallest absolute Gasteiger partial charge is 0.377 e. The number of hydrogen-bond donors (Lipinski definition) is 0. The number of imidazole rings is 1. The third kappa shape index (κ3) is 4.27. The number of alkyl halides is 3. The average Bonchev–Trinajstić information content (AvgIpc) is 2.88. The lowest BCUT2D eigenvalue weighted by molar-refractivity contribution is -0.137.